The van der Waals surface area contributed by atoms with Crippen LogP contribution in [-0.2, 0) is 6.42 Å². The summed E-state index contributed by atoms with van der Waals surface area (Å²) in [6.07, 6.45) is 2.44. The Kier molecular flexibility index (Phi) is 5.61. The molecule has 0 fully saturated rings. The Morgan fingerprint density at radius 1 is 0.895 bits per heavy atom. The SMILES string of the molecule is Cc1cc(-c2nccc3c(F)c(-c4ccc(CC(C)C)cc4O)ccc23)c2oc3cc(C#N)ccc3c2c1. The molecule has 1 N–H and O–H groups in total. The third kappa shape index (κ3) is 3.86. The third-order valence-electron chi connectivity index (χ3n) is 6.98. The molecule has 0 aliphatic heterocycles. The molecule has 0 radical (unpaired) electrons. The van der Waals surface area contributed by atoms with Crippen LogP contribution in [0.25, 0.3) is 55.1 Å². The molecule has 0 amide bonds. The number of halogens is 1. The van der Waals surface area contributed by atoms with E-state index in [1.54, 1.807) is 42.6 Å². The highest BCUT2D eigenvalue weighted by molar-refractivity contribution is 6.12. The zero-order valence-corrected chi connectivity index (χ0v) is 21.3. The van der Waals surface area contributed by atoms with Gasteiger partial charge in [-0.05, 0) is 72.9 Å². The average molecular weight is 501 g/mol. The second-order valence-electron chi connectivity index (χ2n) is 10.2. The van der Waals surface area contributed by atoms with Gasteiger partial charge in [0.2, 0.25) is 0 Å². The molecule has 4 nitrogen and oxygen atoms in total. The van der Waals surface area contributed by atoms with E-state index in [2.05, 4.69) is 24.9 Å². The van der Waals surface area contributed by atoms with Gasteiger partial charge in [0.05, 0.1) is 17.3 Å². The number of benzene rings is 4. The molecule has 4 aromatic carbocycles. The normalized spacial score (nSPS) is 11.6. The quantitative estimate of drug-likeness (QED) is 0.263. The van der Waals surface area contributed by atoms with Gasteiger partial charge in [0.25, 0.3) is 0 Å². The fourth-order valence-corrected chi connectivity index (χ4v) is 5.31. The lowest BCUT2D eigenvalue weighted by atomic mass is 9.94. The highest BCUT2D eigenvalue weighted by atomic mass is 19.1. The number of phenolic OH excluding ortho intramolecular Hbond substituents is 1. The Labute approximate surface area is 219 Å². The maximum Gasteiger partial charge on any atom is 0.144 e. The van der Waals surface area contributed by atoms with Crippen molar-refractivity contribution in [1.29, 1.82) is 5.26 Å². The molecular formula is C33H25FN2O2. The third-order valence-corrected chi connectivity index (χ3v) is 6.98. The Morgan fingerprint density at radius 2 is 1.68 bits per heavy atom. The number of nitriles is 1. The van der Waals surface area contributed by atoms with E-state index in [1.807, 2.05) is 37.3 Å². The van der Waals surface area contributed by atoms with Crippen molar-refractivity contribution in [1.82, 2.24) is 4.98 Å². The topological polar surface area (TPSA) is 70.1 Å². The van der Waals surface area contributed by atoms with Crippen LogP contribution >= 0.6 is 0 Å². The zero-order valence-electron chi connectivity index (χ0n) is 21.3. The molecule has 38 heavy (non-hydrogen) atoms. The van der Waals surface area contributed by atoms with Crippen molar-refractivity contribution in [3.63, 3.8) is 0 Å². The predicted molar refractivity (Wildman–Crippen MR) is 150 cm³/mol. The number of rotatable bonds is 4. The summed E-state index contributed by atoms with van der Waals surface area (Å²) in [5.74, 6) is 0.108. The van der Waals surface area contributed by atoms with Crippen LogP contribution in [0.2, 0.25) is 0 Å². The minimum atomic E-state index is -0.412. The number of nitrogens with zero attached hydrogens (tertiary/aromatic N) is 2. The Balaban J connectivity index is 1.54. The van der Waals surface area contributed by atoms with Crippen molar-refractivity contribution >= 4 is 32.7 Å². The van der Waals surface area contributed by atoms with Crippen LogP contribution in [-0.4, -0.2) is 10.1 Å². The van der Waals surface area contributed by atoms with E-state index in [4.69, 9.17) is 4.42 Å². The van der Waals surface area contributed by atoms with Crippen molar-refractivity contribution in [2.45, 2.75) is 27.2 Å². The minimum absolute atomic E-state index is 0.0649. The number of fused-ring (bicyclic) bond motifs is 4. The van der Waals surface area contributed by atoms with E-state index in [1.165, 1.54) is 0 Å². The van der Waals surface area contributed by atoms with Gasteiger partial charge in [-0.3, -0.25) is 4.98 Å². The molecule has 5 heteroatoms. The van der Waals surface area contributed by atoms with Gasteiger partial charge in [0.1, 0.15) is 22.7 Å². The lowest BCUT2D eigenvalue weighted by Gasteiger charge is -2.13. The van der Waals surface area contributed by atoms with Gasteiger partial charge in [0, 0.05) is 44.4 Å². The van der Waals surface area contributed by atoms with Crippen LogP contribution < -0.4 is 0 Å². The molecule has 0 unspecified atom stereocenters. The fourth-order valence-electron chi connectivity index (χ4n) is 5.31. The van der Waals surface area contributed by atoms with Crippen LogP contribution in [0.4, 0.5) is 4.39 Å². The molecule has 0 spiro atoms. The van der Waals surface area contributed by atoms with E-state index in [0.29, 0.717) is 50.2 Å². The van der Waals surface area contributed by atoms with Gasteiger partial charge in [-0.2, -0.15) is 5.26 Å². The minimum Gasteiger partial charge on any atom is -0.507 e. The summed E-state index contributed by atoms with van der Waals surface area (Å²) in [5.41, 5.74) is 5.98. The molecule has 0 bridgehead atoms. The van der Waals surface area contributed by atoms with E-state index in [0.717, 1.165) is 33.9 Å². The maximum atomic E-state index is 16.0. The maximum absolute atomic E-state index is 16.0. The van der Waals surface area contributed by atoms with Crippen LogP contribution in [0.15, 0.2) is 77.3 Å². The van der Waals surface area contributed by atoms with Gasteiger partial charge < -0.3 is 9.52 Å². The molecule has 186 valence electrons. The second kappa shape index (κ2) is 9.00. The summed E-state index contributed by atoms with van der Waals surface area (Å²) < 4.78 is 22.2. The Morgan fingerprint density at radius 3 is 2.45 bits per heavy atom. The van der Waals surface area contributed by atoms with Gasteiger partial charge in [0.15, 0.2) is 0 Å². The van der Waals surface area contributed by atoms with Crippen molar-refractivity contribution in [3.8, 4) is 34.2 Å². The molecule has 2 heterocycles. The van der Waals surface area contributed by atoms with Gasteiger partial charge in [-0.25, -0.2) is 4.39 Å². The smallest absolute Gasteiger partial charge is 0.144 e. The fraction of sp³-hybridized carbons (Fsp3) is 0.152. The summed E-state index contributed by atoms with van der Waals surface area (Å²) in [4.78, 5) is 4.64. The Hall–Kier alpha value is -4.69. The molecule has 2 aromatic heterocycles. The first-order valence-corrected chi connectivity index (χ1v) is 12.6. The summed E-state index contributed by atoms with van der Waals surface area (Å²) >= 11 is 0. The highest BCUT2D eigenvalue weighted by Crippen LogP contribution is 2.41. The first-order valence-electron chi connectivity index (χ1n) is 12.6. The van der Waals surface area contributed by atoms with Gasteiger partial charge in [-0.1, -0.05) is 38.1 Å². The number of aromatic nitrogens is 1. The van der Waals surface area contributed by atoms with Crippen molar-refractivity contribution in [3.05, 3.63) is 95.4 Å². The summed E-state index contributed by atoms with van der Waals surface area (Å²) in [5, 5.41) is 22.9. The molecule has 0 saturated heterocycles. The lowest BCUT2D eigenvalue weighted by Crippen LogP contribution is -1.95. The van der Waals surface area contributed by atoms with Crippen LogP contribution in [0.3, 0.4) is 0 Å². The summed E-state index contributed by atoms with van der Waals surface area (Å²) in [6.45, 7) is 6.24. The molecule has 0 aliphatic rings. The molecule has 0 saturated carbocycles. The average Bonchev–Trinajstić information content (AvgIpc) is 3.26. The lowest BCUT2D eigenvalue weighted by molar-refractivity contribution is 0.475. The highest BCUT2D eigenvalue weighted by Gasteiger charge is 2.19. The molecular weight excluding hydrogens is 475 g/mol. The molecule has 6 aromatic rings. The van der Waals surface area contributed by atoms with Gasteiger partial charge >= 0.3 is 0 Å². The van der Waals surface area contributed by atoms with E-state index < -0.39 is 5.82 Å². The number of hydrogen-bond acceptors (Lipinski definition) is 4. The predicted octanol–water partition coefficient (Wildman–Crippen LogP) is 8.69. The number of pyridine rings is 1. The second-order valence-corrected chi connectivity index (χ2v) is 10.2. The van der Waals surface area contributed by atoms with Crippen molar-refractivity contribution < 1.29 is 13.9 Å². The van der Waals surface area contributed by atoms with Crippen LogP contribution in [0.1, 0.15) is 30.5 Å². The molecule has 0 aliphatic carbocycles. The van der Waals surface area contributed by atoms with E-state index in [-0.39, 0.29) is 5.75 Å². The first kappa shape index (κ1) is 23.7. The van der Waals surface area contributed by atoms with E-state index in [9.17, 15) is 10.4 Å². The van der Waals surface area contributed by atoms with Crippen molar-refractivity contribution in [2.24, 2.45) is 5.92 Å². The molecule has 0 atom stereocenters. The van der Waals surface area contributed by atoms with Crippen LogP contribution in [0.5, 0.6) is 5.75 Å². The Bertz CT molecular complexity index is 1930. The summed E-state index contributed by atoms with van der Waals surface area (Å²) in [7, 11) is 0. The zero-order chi connectivity index (χ0) is 26.6. The first-order chi connectivity index (χ1) is 18.3. The number of aromatic hydroxyl groups is 1. The van der Waals surface area contributed by atoms with E-state index >= 15 is 4.39 Å². The standard InChI is InChI=1S/C33H25FN2O2/c1-18(2)12-20-4-6-22(29(37)15-20)24-8-9-26-25(31(24)34)10-11-36-32(26)28-14-19(3)13-27-23-7-5-21(17-35)16-30(23)38-33(27)28/h4-11,13-16,18,37H,12H2,1-3H3. The number of aryl methyl sites for hydroxylation is 1. The number of phenols is 1. The van der Waals surface area contributed by atoms with Gasteiger partial charge in [-0.15, -0.1) is 0 Å². The number of hydrogen-bond donors (Lipinski definition) is 1. The molecule has 6 rings (SSSR count). The van der Waals surface area contributed by atoms with Crippen LogP contribution in [0, 0.1) is 30.0 Å². The number of furan rings is 1. The summed E-state index contributed by atoms with van der Waals surface area (Å²) in [6, 6.07) is 22.2. The monoisotopic (exact) mass is 500 g/mol. The largest absolute Gasteiger partial charge is 0.507 e. The van der Waals surface area contributed by atoms with Crippen molar-refractivity contribution in [2.75, 3.05) is 0 Å².